The van der Waals surface area contributed by atoms with Crippen molar-refractivity contribution in [2.45, 2.75) is 12.8 Å². The fourth-order valence-corrected chi connectivity index (χ4v) is 2.40. The number of nitrogens with zero attached hydrogens (tertiary/aromatic N) is 1. The number of hydrogen-bond donors (Lipinski definition) is 1. The Morgan fingerprint density at radius 3 is 2.68 bits per heavy atom. The predicted molar refractivity (Wildman–Crippen MR) is 72.8 cm³/mol. The van der Waals surface area contributed by atoms with Crippen molar-refractivity contribution in [2.75, 3.05) is 12.4 Å². The van der Waals surface area contributed by atoms with Crippen molar-refractivity contribution in [3.05, 3.63) is 38.9 Å². The molecule has 19 heavy (non-hydrogen) atoms. The van der Waals surface area contributed by atoms with E-state index in [0.29, 0.717) is 12.4 Å². The van der Waals surface area contributed by atoms with Crippen LogP contribution in [-0.4, -0.2) is 23.3 Å². The Balaban J connectivity index is 2.17. The van der Waals surface area contributed by atoms with Gasteiger partial charge in [0.1, 0.15) is 5.56 Å². The molecule has 0 bridgehead atoms. The van der Waals surface area contributed by atoms with Gasteiger partial charge in [0.2, 0.25) is 0 Å². The first kappa shape index (κ1) is 14.1. The lowest BCUT2D eigenvalue weighted by Gasteiger charge is -2.13. The van der Waals surface area contributed by atoms with Gasteiger partial charge in [-0.1, -0.05) is 17.7 Å². The molecule has 0 unspecified atom stereocenters. The van der Waals surface area contributed by atoms with Crippen LogP contribution >= 0.6 is 23.2 Å². The number of carbonyl (C=O) groups is 1. The molecule has 1 amide bonds. The van der Waals surface area contributed by atoms with Crippen LogP contribution in [0.2, 0.25) is 5.02 Å². The minimum Gasteiger partial charge on any atom is -0.351 e. The van der Waals surface area contributed by atoms with Gasteiger partial charge in [-0.05, 0) is 18.9 Å². The van der Waals surface area contributed by atoms with E-state index in [2.05, 4.69) is 5.32 Å². The minimum atomic E-state index is -0.616. The molecule has 5 nitrogen and oxygen atoms in total. The van der Waals surface area contributed by atoms with Crippen molar-refractivity contribution in [3.63, 3.8) is 0 Å². The maximum atomic E-state index is 12.0. The molecule has 0 heterocycles. The fourth-order valence-electron chi connectivity index (χ4n) is 1.78. The topological polar surface area (TPSA) is 72.2 Å². The molecule has 0 radical (unpaired) electrons. The molecule has 0 aliphatic heterocycles. The van der Waals surface area contributed by atoms with E-state index in [4.69, 9.17) is 23.2 Å². The first-order valence-corrected chi connectivity index (χ1v) is 6.67. The molecule has 102 valence electrons. The van der Waals surface area contributed by atoms with Crippen molar-refractivity contribution < 1.29 is 9.72 Å². The average molecular weight is 303 g/mol. The quantitative estimate of drug-likeness (QED) is 0.516. The number of nitrogens with one attached hydrogen (secondary N) is 1. The SMILES string of the molecule is O=C(NCC1(CCl)CC1)c1c(Cl)cccc1[N+](=O)[O-]. The van der Waals surface area contributed by atoms with Gasteiger partial charge >= 0.3 is 0 Å². The lowest BCUT2D eigenvalue weighted by molar-refractivity contribution is -0.385. The number of rotatable bonds is 5. The number of amides is 1. The number of hydrogen-bond acceptors (Lipinski definition) is 3. The van der Waals surface area contributed by atoms with E-state index in [1.54, 1.807) is 0 Å². The summed E-state index contributed by atoms with van der Waals surface area (Å²) in [5, 5.41) is 13.6. The second-order valence-electron chi connectivity index (χ2n) is 4.71. The standard InChI is InChI=1S/C12H12Cl2N2O3/c13-6-12(4-5-12)7-15-11(17)10-8(14)2-1-3-9(10)16(18)19/h1-3H,4-7H2,(H,15,17). The van der Waals surface area contributed by atoms with E-state index >= 15 is 0 Å². The van der Waals surface area contributed by atoms with E-state index in [1.807, 2.05) is 0 Å². The Bertz CT molecular complexity index is 530. The van der Waals surface area contributed by atoms with Gasteiger partial charge in [-0.3, -0.25) is 14.9 Å². The second-order valence-corrected chi connectivity index (χ2v) is 5.38. The van der Waals surface area contributed by atoms with Crippen LogP contribution in [0.5, 0.6) is 0 Å². The number of nitro benzene ring substituents is 1. The zero-order valence-electron chi connectivity index (χ0n) is 9.99. The molecule has 1 aromatic carbocycles. The molecule has 0 spiro atoms. The summed E-state index contributed by atoms with van der Waals surface area (Å²) in [5.74, 6) is -0.0635. The van der Waals surface area contributed by atoms with Crippen molar-refractivity contribution in [1.29, 1.82) is 0 Å². The van der Waals surface area contributed by atoms with Crippen LogP contribution in [-0.2, 0) is 0 Å². The summed E-state index contributed by atoms with van der Waals surface area (Å²) in [6, 6.07) is 4.16. The highest BCUT2D eigenvalue weighted by atomic mass is 35.5. The molecular formula is C12H12Cl2N2O3. The van der Waals surface area contributed by atoms with Crippen molar-refractivity contribution in [1.82, 2.24) is 5.32 Å². The number of benzene rings is 1. The summed E-state index contributed by atoms with van der Waals surface area (Å²) in [7, 11) is 0. The lowest BCUT2D eigenvalue weighted by Crippen LogP contribution is -2.31. The molecule has 2 rings (SSSR count). The Kier molecular flexibility index (Phi) is 3.96. The second kappa shape index (κ2) is 5.35. The van der Waals surface area contributed by atoms with Gasteiger partial charge in [-0.25, -0.2) is 0 Å². The van der Waals surface area contributed by atoms with Crippen LogP contribution in [0, 0.1) is 15.5 Å². The lowest BCUT2D eigenvalue weighted by atomic mass is 10.1. The van der Waals surface area contributed by atoms with E-state index < -0.39 is 10.8 Å². The van der Waals surface area contributed by atoms with Crippen molar-refractivity contribution in [2.24, 2.45) is 5.41 Å². The summed E-state index contributed by atoms with van der Waals surface area (Å²) < 4.78 is 0. The molecule has 7 heteroatoms. The Morgan fingerprint density at radius 2 is 2.16 bits per heavy atom. The largest absolute Gasteiger partial charge is 0.351 e. The smallest absolute Gasteiger partial charge is 0.283 e. The molecule has 0 atom stereocenters. The fraction of sp³-hybridized carbons (Fsp3) is 0.417. The van der Waals surface area contributed by atoms with Gasteiger partial charge in [0.25, 0.3) is 11.6 Å². The molecule has 1 aliphatic rings. The number of halogens is 2. The van der Waals surface area contributed by atoms with Crippen LogP contribution in [0.25, 0.3) is 0 Å². The molecular weight excluding hydrogens is 291 g/mol. The third kappa shape index (κ3) is 2.98. The van der Waals surface area contributed by atoms with Crippen LogP contribution in [0.4, 0.5) is 5.69 Å². The van der Waals surface area contributed by atoms with Gasteiger partial charge in [-0.15, -0.1) is 11.6 Å². The molecule has 1 N–H and O–H groups in total. The predicted octanol–water partition coefficient (Wildman–Crippen LogP) is 3.00. The maximum Gasteiger partial charge on any atom is 0.283 e. The molecule has 1 aromatic rings. The summed E-state index contributed by atoms with van der Waals surface area (Å²) in [5.41, 5.74) is -0.437. The van der Waals surface area contributed by atoms with Crippen LogP contribution in [0.15, 0.2) is 18.2 Å². The highest BCUT2D eigenvalue weighted by Crippen LogP contribution is 2.45. The third-order valence-corrected chi connectivity index (χ3v) is 4.16. The zero-order valence-corrected chi connectivity index (χ0v) is 11.5. The molecule has 1 saturated carbocycles. The summed E-state index contributed by atoms with van der Waals surface area (Å²) in [4.78, 5) is 22.3. The van der Waals surface area contributed by atoms with Gasteiger partial charge in [-0.2, -0.15) is 0 Å². The molecule has 0 aromatic heterocycles. The number of carbonyl (C=O) groups excluding carboxylic acids is 1. The summed E-state index contributed by atoms with van der Waals surface area (Å²) in [6.45, 7) is 0.414. The van der Waals surface area contributed by atoms with Gasteiger partial charge in [0, 0.05) is 23.9 Å². The monoisotopic (exact) mass is 302 g/mol. The van der Waals surface area contributed by atoms with Gasteiger partial charge in [0.15, 0.2) is 0 Å². The highest BCUT2D eigenvalue weighted by Gasteiger charge is 2.42. The highest BCUT2D eigenvalue weighted by molar-refractivity contribution is 6.34. The maximum absolute atomic E-state index is 12.0. The van der Waals surface area contributed by atoms with E-state index in [0.717, 1.165) is 12.8 Å². The van der Waals surface area contributed by atoms with E-state index in [-0.39, 0.29) is 21.7 Å². The first-order chi connectivity index (χ1) is 8.99. The minimum absolute atomic E-state index is 0.0484. The number of alkyl halides is 1. The van der Waals surface area contributed by atoms with Crippen LogP contribution in [0.1, 0.15) is 23.2 Å². The molecule has 1 aliphatic carbocycles. The van der Waals surface area contributed by atoms with Crippen molar-refractivity contribution in [3.8, 4) is 0 Å². The van der Waals surface area contributed by atoms with Crippen molar-refractivity contribution >= 4 is 34.8 Å². The molecule has 1 fully saturated rings. The van der Waals surface area contributed by atoms with E-state index in [1.165, 1.54) is 18.2 Å². The van der Waals surface area contributed by atoms with E-state index in [9.17, 15) is 14.9 Å². The Morgan fingerprint density at radius 1 is 1.47 bits per heavy atom. The molecule has 0 saturated heterocycles. The summed E-state index contributed by atoms with van der Waals surface area (Å²) in [6.07, 6.45) is 1.92. The Hall–Kier alpha value is -1.33. The first-order valence-electron chi connectivity index (χ1n) is 5.76. The Labute approximate surface area is 120 Å². The van der Waals surface area contributed by atoms with Crippen LogP contribution < -0.4 is 5.32 Å². The summed E-state index contributed by atoms with van der Waals surface area (Å²) >= 11 is 11.7. The number of nitro groups is 1. The average Bonchev–Trinajstić information content (AvgIpc) is 3.16. The van der Waals surface area contributed by atoms with Gasteiger partial charge < -0.3 is 5.32 Å². The third-order valence-electron chi connectivity index (χ3n) is 3.28. The normalized spacial score (nSPS) is 15.9. The zero-order chi connectivity index (χ0) is 14.0. The van der Waals surface area contributed by atoms with Crippen LogP contribution in [0.3, 0.4) is 0 Å². The van der Waals surface area contributed by atoms with Gasteiger partial charge in [0.05, 0.1) is 9.95 Å².